The van der Waals surface area contributed by atoms with Crippen LogP contribution in [0.5, 0.6) is 5.75 Å². The first-order chi connectivity index (χ1) is 12.1. The van der Waals surface area contributed by atoms with Crippen molar-refractivity contribution >= 4 is 11.8 Å². The molecule has 0 bridgehead atoms. The van der Waals surface area contributed by atoms with Crippen molar-refractivity contribution in [2.45, 2.75) is 25.4 Å². The molecule has 0 N–H and O–H groups in total. The van der Waals surface area contributed by atoms with E-state index in [-0.39, 0.29) is 5.82 Å². The van der Waals surface area contributed by atoms with Crippen LogP contribution < -0.4 is 4.74 Å². The highest BCUT2D eigenvalue weighted by Crippen LogP contribution is 2.22. The molecule has 0 unspecified atom stereocenters. The molecule has 3 aromatic rings. The van der Waals surface area contributed by atoms with Crippen LogP contribution in [0.1, 0.15) is 17.5 Å². The third-order valence-electron chi connectivity index (χ3n) is 3.62. The zero-order chi connectivity index (χ0) is 17.6. The summed E-state index contributed by atoms with van der Waals surface area (Å²) >= 11 is 1.59. The highest BCUT2D eigenvalue weighted by atomic mass is 32.2. The summed E-state index contributed by atoms with van der Waals surface area (Å²) in [5, 5.41) is 12.8. The number of aromatic nitrogens is 4. The van der Waals surface area contributed by atoms with Crippen LogP contribution in [-0.2, 0) is 0 Å². The predicted octanol–water partition coefficient (Wildman–Crippen LogP) is 3.98. The molecular formula is C18H19FN4OS. The maximum atomic E-state index is 12.8. The first-order valence-electron chi connectivity index (χ1n) is 8.00. The van der Waals surface area contributed by atoms with E-state index in [0.717, 1.165) is 28.6 Å². The number of tetrazole rings is 1. The van der Waals surface area contributed by atoms with Crippen LogP contribution >= 0.6 is 11.8 Å². The van der Waals surface area contributed by atoms with Gasteiger partial charge in [0.15, 0.2) is 0 Å². The van der Waals surface area contributed by atoms with E-state index in [1.165, 1.54) is 17.7 Å². The summed E-state index contributed by atoms with van der Waals surface area (Å²) in [7, 11) is 0. The number of rotatable bonds is 7. The van der Waals surface area contributed by atoms with Gasteiger partial charge in [0.1, 0.15) is 11.6 Å². The van der Waals surface area contributed by atoms with Crippen LogP contribution in [0.3, 0.4) is 0 Å². The summed E-state index contributed by atoms with van der Waals surface area (Å²) in [6, 6.07) is 12.2. The van der Waals surface area contributed by atoms with Crippen LogP contribution in [0.4, 0.5) is 4.39 Å². The normalized spacial score (nSPS) is 10.8. The Bertz CT molecular complexity index is 835. The molecular weight excluding hydrogens is 339 g/mol. The summed E-state index contributed by atoms with van der Waals surface area (Å²) in [6.07, 6.45) is 0.835. The van der Waals surface area contributed by atoms with Crippen molar-refractivity contribution in [2.75, 3.05) is 12.4 Å². The lowest BCUT2D eigenvalue weighted by Gasteiger charge is -2.08. The molecule has 1 heterocycles. The number of nitrogens with zero attached hydrogens (tertiary/aromatic N) is 4. The fraction of sp³-hybridized carbons (Fsp3) is 0.278. The molecule has 0 saturated carbocycles. The monoisotopic (exact) mass is 358 g/mol. The molecule has 0 radical (unpaired) electrons. The van der Waals surface area contributed by atoms with E-state index in [2.05, 4.69) is 41.5 Å². The smallest absolute Gasteiger partial charge is 0.214 e. The zero-order valence-corrected chi connectivity index (χ0v) is 15.0. The van der Waals surface area contributed by atoms with Gasteiger partial charge in [-0.05, 0) is 66.6 Å². The van der Waals surface area contributed by atoms with Crippen LogP contribution in [0.15, 0.2) is 47.6 Å². The average Bonchev–Trinajstić information content (AvgIpc) is 3.04. The molecule has 5 nitrogen and oxygen atoms in total. The van der Waals surface area contributed by atoms with Gasteiger partial charge in [-0.25, -0.2) is 4.39 Å². The maximum absolute atomic E-state index is 12.8. The van der Waals surface area contributed by atoms with E-state index in [1.807, 2.05) is 6.07 Å². The summed E-state index contributed by atoms with van der Waals surface area (Å²) < 4.78 is 20.2. The van der Waals surface area contributed by atoms with Crippen LogP contribution in [0.2, 0.25) is 0 Å². The first-order valence-corrected chi connectivity index (χ1v) is 8.99. The lowest BCUT2D eigenvalue weighted by atomic mass is 10.1. The topological polar surface area (TPSA) is 52.8 Å². The second-order valence-electron chi connectivity index (χ2n) is 5.67. The fourth-order valence-corrected chi connectivity index (χ4v) is 3.20. The second kappa shape index (κ2) is 8.11. The Morgan fingerprint density at radius 3 is 2.68 bits per heavy atom. The Balaban J connectivity index is 1.52. The minimum absolute atomic E-state index is 0.263. The molecule has 130 valence electrons. The number of aryl methyl sites for hydroxylation is 2. The maximum Gasteiger partial charge on any atom is 0.214 e. The standard InChI is InChI=1S/C18H19FN4OS/c1-13-4-9-17(14(2)12-13)23-18(20-21-22-23)25-11-3-10-24-16-7-5-15(19)6-8-16/h4-9,12H,3,10-11H2,1-2H3. The highest BCUT2D eigenvalue weighted by Gasteiger charge is 2.11. The first kappa shape index (κ1) is 17.4. The van der Waals surface area contributed by atoms with Gasteiger partial charge in [-0.15, -0.1) is 5.10 Å². The SMILES string of the molecule is Cc1ccc(-n2nnnc2SCCCOc2ccc(F)cc2)c(C)c1. The number of halogens is 1. The predicted molar refractivity (Wildman–Crippen MR) is 95.9 cm³/mol. The van der Waals surface area contributed by atoms with Gasteiger partial charge in [0.2, 0.25) is 5.16 Å². The molecule has 7 heteroatoms. The summed E-state index contributed by atoms with van der Waals surface area (Å²) in [4.78, 5) is 0. The molecule has 0 atom stereocenters. The molecule has 3 rings (SSSR count). The Kier molecular flexibility index (Phi) is 5.65. The van der Waals surface area contributed by atoms with Crippen molar-refractivity contribution in [1.82, 2.24) is 20.2 Å². The van der Waals surface area contributed by atoms with Gasteiger partial charge in [0, 0.05) is 5.75 Å². The van der Waals surface area contributed by atoms with Crippen molar-refractivity contribution in [3.63, 3.8) is 0 Å². The Labute approximate surface area is 150 Å². The summed E-state index contributed by atoms with van der Waals surface area (Å²) in [6.45, 7) is 4.67. The Morgan fingerprint density at radius 2 is 1.92 bits per heavy atom. The van der Waals surface area contributed by atoms with Crippen molar-refractivity contribution in [3.05, 3.63) is 59.4 Å². The largest absolute Gasteiger partial charge is 0.494 e. The third-order valence-corrected chi connectivity index (χ3v) is 4.63. The molecule has 0 aliphatic heterocycles. The van der Waals surface area contributed by atoms with E-state index in [1.54, 1.807) is 28.6 Å². The van der Waals surface area contributed by atoms with Gasteiger partial charge < -0.3 is 4.74 Å². The lowest BCUT2D eigenvalue weighted by molar-refractivity contribution is 0.318. The molecule has 0 aliphatic carbocycles. The number of benzene rings is 2. The molecule has 0 amide bonds. The van der Waals surface area contributed by atoms with E-state index in [9.17, 15) is 4.39 Å². The number of ether oxygens (including phenoxy) is 1. The molecule has 1 aromatic heterocycles. The van der Waals surface area contributed by atoms with E-state index in [4.69, 9.17) is 4.74 Å². The Morgan fingerprint density at radius 1 is 1.12 bits per heavy atom. The zero-order valence-electron chi connectivity index (χ0n) is 14.1. The summed E-state index contributed by atoms with van der Waals surface area (Å²) in [5.41, 5.74) is 3.33. The van der Waals surface area contributed by atoms with Gasteiger partial charge in [0.25, 0.3) is 0 Å². The van der Waals surface area contributed by atoms with Crippen LogP contribution in [-0.4, -0.2) is 32.6 Å². The summed E-state index contributed by atoms with van der Waals surface area (Å²) in [5.74, 6) is 1.24. The van der Waals surface area contributed by atoms with Crippen molar-refractivity contribution in [2.24, 2.45) is 0 Å². The number of thioether (sulfide) groups is 1. The molecule has 0 saturated heterocycles. The minimum Gasteiger partial charge on any atom is -0.494 e. The molecule has 0 spiro atoms. The van der Waals surface area contributed by atoms with E-state index >= 15 is 0 Å². The molecule has 2 aromatic carbocycles. The highest BCUT2D eigenvalue weighted by molar-refractivity contribution is 7.99. The lowest BCUT2D eigenvalue weighted by Crippen LogP contribution is -2.03. The number of hydrogen-bond acceptors (Lipinski definition) is 5. The van der Waals surface area contributed by atoms with Crippen molar-refractivity contribution < 1.29 is 9.13 Å². The minimum atomic E-state index is -0.263. The van der Waals surface area contributed by atoms with Gasteiger partial charge >= 0.3 is 0 Å². The van der Waals surface area contributed by atoms with Crippen molar-refractivity contribution in [1.29, 1.82) is 0 Å². The van der Waals surface area contributed by atoms with Crippen molar-refractivity contribution in [3.8, 4) is 11.4 Å². The van der Waals surface area contributed by atoms with E-state index in [0.29, 0.717) is 12.4 Å². The fourth-order valence-electron chi connectivity index (χ4n) is 2.41. The molecule has 0 fully saturated rings. The van der Waals surface area contributed by atoms with Crippen LogP contribution in [0.25, 0.3) is 5.69 Å². The van der Waals surface area contributed by atoms with Crippen LogP contribution in [0, 0.1) is 19.7 Å². The van der Waals surface area contributed by atoms with Gasteiger partial charge in [0.05, 0.1) is 12.3 Å². The Hall–Kier alpha value is -2.41. The van der Waals surface area contributed by atoms with Gasteiger partial charge in [-0.3, -0.25) is 0 Å². The quantitative estimate of drug-likeness (QED) is 0.472. The molecule has 25 heavy (non-hydrogen) atoms. The van der Waals surface area contributed by atoms with Gasteiger partial charge in [-0.1, -0.05) is 29.5 Å². The van der Waals surface area contributed by atoms with E-state index < -0.39 is 0 Å². The number of hydrogen-bond donors (Lipinski definition) is 0. The average molecular weight is 358 g/mol. The second-order valence-corrected chi connectivity index (χ2v) is 6.73. The molecule has 0 aliphatic rings. The third kappa shape index (κ3) is 4.57. The van der Waals surface area contributed by atoms with Gasteiger partial charge in [-0.2, -0.15) is 4.68 Å².